The van der Waals surface area contributed by atoms with Crippen LogP contribution in [0.4, 0.5) is 0 Å². The van der Waals surface area contributed by atoms with Crippen molar-refractivity contribution < 1.29 is 0 Å². The molecule has 2 atom stereocenters. The van der Waals surface area contributed by atoms with E-state index < -0.39 is 0 Å². The predicted octanol–water partition coefficient (Wildman–Crippen LogP) is 2.99. The van der Waals surface area contributed by atoms with E-state index in [1.165, 1.54) is 71.6 Å². The van der Waals surface area contributed by atoms with Crippen molar-refractivity contribution >= 4 is 0 Å². The standard InChI is InChI=1S/C21H44N4/c1-18(2)22-10-7-11-24(15-12-22)20(5)8-9-21(6)25-16-13-23(14-17-25)19(3)4/h18-21H,7-17H2,1-6H3. The van der Waals surface area contributed by atoms with Crippen molar-refractivity contribution in [3.05, 3.63) is 0 Å². The van der Waals surface area contributed by atoms with Crippen LogP contribution in [-0.4, -0.2) is 96.1 Å². The Labute approximate surface area is 157 Å². The zero-order chi connectivity index (χ0) is 18.4. The van der Waals surface area contributed by atoms with Crippen LogP contribution in [0.2, 0.25) is 0 Å². The molecule has 4 heteroatoms. The Balaban J connectivity index is 1.70. The molecule has 0 spiro atoms. The second-order valence-electron chi connectivity index (χ2n) is 8.96. The summed E-state index contributed by atoms with van der Waals surface area (Å²) < 4.78 is 0. The van der Waals surface area contributed by atoms with Crippen LogP contribution >= 0.6 is 0 Å². The third-order valence-corrected chi connectivity index (χ3v) is 6.62. The lowest BCUT2D eigenvalue weighted by Crippen LogP contribution is -2.51. The van der Waals surface area contributed by atoms with E-state index in [9.17, 15) is 0 Å². The largest absolute Gasteiger partial charge is 0.300 e. The Morgan fingerprint density at radius 1 is 0.480 bits per heavy atom. The highest BCUT2D eigenvalue weighted by molar-refractivity contribution is 4.80. The molecule has 0 aromatic carbocycles. The van der Waals surface area contributed by atoms with Crippen LogP contribution in [0.25, 0.3) is 0 Å². The van der Waals surface area contributed by atoms with Gasteiger partial charge in [0.15, 0.2) is 0 Å². The Hall–Kier alpha value is -0.160. The first-order valence-corrected chi connectivity index (χ1v) is 10.8. The van der Waals surface area contributed by atoms with Gasteiger partial charge in [0.2, 0.25) is 0 Å². The summed E-state index contributed by atoms with van der Waals surface area (Å²) in [5.74, 6) is 0. The van der Waals surface area contributed by atoms with E-state index in [2.05, 4.69) is 61.1 Å². The molecule has 2 aliphatic rings. The van der Waals surface area contributed by atoms with Gasteiger partial charge < -0.3 is 0 Å². The minimum absolute atomic E-state index is 0.694. The highest BCUT2D eigenvalue weighted by atomic mass is 15.3. The molecule has 0 aromatic rings. The van der Waals surface area contributed by atoms with Gasteiger partial charge in [0.1, 0.15) is 0 Å². The minimum atomic E-state index is 0.694. The first kappa shape index (κ1) is 21.1. The summed E-state index contributed by atoms with van der Waals surface area (Å²) in [6.45, 7) is 24.3. The fourth-order valence-corrected chi connectivity index (χ4v) is 4.46. The molecule has 25 heavy (non-hydrogen) atoms. The summed E-state index contributed by atoms with van der Waals surface area (Å²) >= 11 is 0. The third-order valence-electron chi connectivity index (χ3n) is 6.62. The molecule has 0 radical (unpaired) electrons. The Bertz CT molecular complexity index is 363. The lowest BCUT2D eigenvalue weighted by molar-refractivity contribution is 0.0762. The number of piperazine rings is 1. The highest BCUT2D eigenvalue weighted by Crippen LogP contribution is 2.17. The maximum Gasteiger partial charge on any atom is 0.0113 e. The summed E-state index contributed by atoms with van der Waals surface area (Å²) in [6.07, 6.45) is 4.01. The van der Waals surface area contributed by atoms with Gasteiger partial charge in [0, 0.05) is 63.4 Å². The monoisotopic (exact) mass is 352 g/mol. The summed E-state index contributed by atoms with van der Waals surface area (Å²) in [7, 11) is 0. The van der Waals surface area contributed by atoms with Gasteiger partial charge in [-0.25, -0.2) is 0 Å². The SMILES string of the molecule is CC(C)N1CCCN(C(C)CCC(C)N2CCN(C(C)C)CC2)CC1. The third kappa shape index (κ3) is 6.50. The van der Waals surface area contributed by atoms with Gasteiger partial charge >= 0.3 is 0 Å². The molecular weight excluding hydrogens is 308 g/mol. The van der Waals surface area contributed by atoms with Crippen LogP contribution in [0.15, 0.2) is 0 Å². The van der Waals surface area contributed by atoms with E-state index in [1.54, 1.807) is 0 Å². The summed E-state index contributed by atoms with van der Waals surface area (Å²) in [5, 5.41) is 0. The summed E-state index contributed by atoms with van der Waals surface area (Å²) in [6, 6.07) is 2.85. The maximum absolute atomic E-state index is 2.74. The van der Waals surface area contributed by atoms with Crippen LogP contribution in [0.3, 0.4) is 0 Å². The first-order chi connectivity index (χ1) is 11.9. The second kappa shape index (κ2) is 10.2. The number of hydrogen-bond donors (Lipinski definition) is 0. The fraction of sp³-hybridized carbons (Fsp3) is 1.00. The van der Waals surface area contributed by atoms with Gasteiger partial charge in [-0.1, -0.05) is 0 Å². The predicted molar refractivity (Wildman–Crippen MR) is 109 cm³/mol. The van der Waals surface area contributed by atoms with Gasteiger partial charge in [-0.2, -0.15) is 0 Å². The quantitative estimate of drug-likeness (QED) is 0.698. The van der Waals surface area contributed by atoms with Gasteiger partial charge in [-0.3, -0.25) is 19.6 Å². The summed E-state index contributed by atoms with van der Waals surface area (Å²) in [5.41, 5.74) is 0. The highest BCUT2D eigenvalue weighted by Gasteiger charge is 2.24. The van der Waals surface area contributed by atoms with Crippen molar-refractivity contribution in [1.29, 1.82) is 0 Å². The van der Waals surface area contributed by atoms with E-state index in [0.29, 0.717) is 12.1 Å². The average molecular weight is 353 g/mol. The minimum Gasteiger partial charge on any atom is -0.300 e. The molecule has 2 heterocycles. The molecule has 0 aromatic heterocycles. The van der Waals surface area contributed by atoms with Crippen LogP contribution in [0, 0.1) is 0 Å². The van der Waals surface area contributed by atoms with E-state index >= 15 is 0 Å². The van der Waals surface area contributed by atoms with Crippen molar-refractivity contribution in [1.82, 2.24) is 19.6 Å². The Kier molecular flexibility index (Phi) is 8.67. The van der Waals surface area contributed by atoms with Crippen LogP contribution < -0.4 is 0 Å². The van der Waals surface area contributed by atoms with Gasteiger partial charge in [-0.15, -0.1) is 0 Å². The van der Waals surface area contributed by atoms with E-state index in [1.807, 2.05) is 0 Å². The van der Waals surface area contributed by atoms with Crippen LogP contribution in [0.5, 0.6) is 0 Å². The topological polar surface area (TPSA) is 13.0 Å². The van der Waals surface area contributed by atoms with E-state index in [0.717, 1.165) is 12.1 Å². The van der Waals surface area contributed by atoms with Crippen molar-refractivity contribution in [2.24, 2.45) is 0 Å². The lowest BCUT2D eigenvalue weighted by Gasteiger charge is -2.40. The molecule has 2 fully saturated rings. The molecule has 2 saturated heterocycles. The smallest absolute Gasteiger partial charge is 0.0113 e. The molecule has 0 saturated carbocycles. The van der Waals surface area contributed by atoms with Crippen molar-refractivity contribution in [3.8, 4) is 0 Å². The zero-order valence-corrected chi connectivity index (χ0v) is 17.9. The van der Waals surface area contributed by atoms with Gasteiger partial charge in [-0.05, 0) is 73.9 Å². The molecule has 2 rings (SSSR count). The van der Waals surface area contributed by atoms with Crippen LogP contribution in [-0.2, 0) is 0 Å². The number of hydrogen-bond acceptors (Lipinski definition) is 4. The number of rotatable bonds is 7. The van der Waals surface area contributed by atoms with Crippen molar-refractivity contribution in [3.63, 3.8) is 0 Å². The van der Waals surface area contributed by atoms with Crippen LogP contribution in [0.1, 0.15) is 60.8 Å². The lowest BCUT2D eigenvalue weighted by atomic mass is 10.0. The van der Waals surface area contributed by atoms with Crippen molar-refractivity contribution in [2.45, 2.75) is 85.0 Å². The fourth-order valence-electron chi connectivity index (χ4n) is 4.46. The Morgan fingerprint density at radius 3 is 1.24 bits per heavy atom. The van der Waals surface area contributed by atoms with Gasteiger partial charge in [0.05, 0.1) is 0 Å². The molecule has 4 nitrogen and oxygen atoms in total. The van der Waals surface area contributed by atoms with Crippen molar-refractivity contribution in [2.75, 3.05) is 52.4 Å². The molecule has 2 aliphatic heterocycles. The normalized spacial score (nSPS) is 25.4. The van der Waals surface area contributed by atoms with E-state index in [-0.39, 0.29) is 0 Å². The first-order valence-electron chi connectivity index (χ1n) is 10.8. The molecule has 0 amide bonds. The molecule has 0 N–H and O–H groups in total. The zero-order valence-electron chi connectivity index (χ0n) is 17.9. The molecule has 148 valence electrons. The number of nitrogens with zero attached hydrogens (tertiary/aromatic N) is 4. The molecule has 0 bridgehead atoms. The van der Waals surface area contributed by atoms with E-state index in [4.69, 9.17) is 0 Å². The van der Waals surface area contributed by atoms with Gasteiger partial charge in [0.25, 0.3) is 0 Å². The molecular formula is C21H44N4. The molecule has 0 aliphatic carbocycles. The average Bonchev–Trinajstić information content (AvgIpc) is 2.85. The maximum atomic E-state index is 2.74. The molecule has 2 unspecified atom stereocenters. The Morgan fingerprint density at radius 2 is 0.800 bits per heavy atom. The summed E-state index contributed by atoms with van der Waals surface area (Å²) in [4.78, 5) is 10.7. The second-order valence-corrected chi connectivity index (χ2v) is 8.96.